The first-order valence-corrected chi connectivity index (χ1v) is 22.1. The van der Waals surface area contributed by atoms with Crippen LogP contribution in [0.2, 0.25) is 0 Å². The van der Waals surface area contributed by atoms with Gasteiger partial charge in [-0.1, -0.05) is 175 Å². The number of ether oxygens (including phenoxy) is 2. The van der Waals surface area contributed by atoms with E-state index < -0.39 is 20.7 Å². The van der Waals surface area contributed by atoms with Crippen LogP contribution in [0, 0.1) is 0 Å². The van der Waals surface area contributed by atoms with Crippen LogP contribution in [-0.2, 0) is 15.7 Å². The van der Waals surface area contributed by atoms with Gasteiger partial charge >= 0.3 is 0 Å². The maximum atomic E-state index is 7.20. The van der Waals surface area contributed by atoms with E-state index in [2.05, 4.69) is 201 Å². The normalized spacial score (nSPS) is 17.6. The minimum absolute atomic E-state index is 0.0244. The van der Waals surface area contributed by atoms with Crippen LogP contribution in [0.25, 0.3) is 11.1 Å². The van der Waals surface area contributed by atoms with Crippen molar-refractivity contribution in [2.24, 2.45) is 0 Å². The van der Waals surface area contributed by atoms with Crippen LogP contribution < -0.4 is 30.7 Å². The molecule has 0 saturated carbocycles. The summed E-state index contributed by atoms with van der Waals surface area (Å²) in [5, 5.41) is 5.44. The van der Waals surface area contributed by atoms with Crippen molar-refractivity contribution in [3.63, 3.8) is 0 Å². The predicted molar refractivity (Wildman–Crippen MR) is 233 cm³/mol. The summed E-state index contributed by atoms with van der Waals surface area (Å²) in [7, 11) is -2.24. The quantitative estimate of drug-likeness (QED) is 0.158. The Kier molecular flexibility index (Phi) is 9.61. The fourth-order valence-electron chi connectivity index (χ4n) is 8.43. The predicted octanol–water partition coefficient (Wildman–Crippen LogP) is 11.7. The van der Waals surface area contributed by atoms with Crippen LogP contribution >= 0.6 is 15.8 Å². The molecule has 54 heavy (non-hydrogen) atoms. The van der Waals surface area contributed by atoms with Crippen molar-refractivity contribution in [3.8, 4) is 22.6 Å². The third kappa shape index (κ3) is 6.40. The van der Waals surface area contributed by atoms with Crippen LogP contribution in [-0.4, -0.2) is 12.2 Å². The molecule has 1 aliphatic carbocycles. The minimum atomic E-state index is -1.12. The average molecular weight is 747 g/mol. The van der Waals surface area contributed by atoms with E-state index in [9.17, 15) is 0 Å². The first-order chi connectivity index (χ1) is 25.9. The number of rotatable bonds is 6. The van der Waals surface area contributed by atoms with E-state index in [1.54, 1.807) is 0 Å². The zero-order valence-electron chi connectivity index (χ0n) is 32.9. The van der Waals surface area contributed by atoms with Gasteiger partial charge in [-0.2, -0.15) is 0 Å². The van der Waals surface area contributed by atoms with E-state index in [4.69, 9.17) is 9.47 Å². The molecule has 2 aliphatic rings. The van der Waals surface area contributed by atoms with Gasteiger partial charge in [0.25, 0.3) is 0 Å². The maximum Gasteiger partial charge on any atom is 0.128 e. The van der Waals surface area contributed by atoms with Gasteiger partial charge in [0.15, 0.2) is 0 Å². The van der Waals surface area contributed by atoms with Crippen LogP contribution in [0.4, 0.5) is 0 Å². The molecule has 2 atom stereocenters. The third-order valence-electron chi connectivity index (χ3n) is 11.0. The van der Waals surface area contributed by atoms with Gasteiger partial charge in [-0.3, -0.25) is 0 Å². The molecule has 0 N–H and O–H groups in total. The maximum absolute atomic E-state index is 7.20. The number of hydrogen-bond acceptors (Lipinski definition) is 2. The van der Waals surface area contributed by atoms with Gasteiger partial charge in [0.1, 0.15) is 11.5 Å². The molecule has 8 rings (SSSR count). The summed E-state index contributed by atoms with van der Waals surface area (Å²) in [5.74, 6) is 1.95. The summed E-state index contributed by atoms with van der Waals surface area (Å²) in [6.45, 7) is 18.5. The van der Waals surface area contributed by atoms with E-state index in [0.29, 0.717) is 0 Å². The summed E-state index contributed by atoms with van der Waals surface area (Å²) in [6.07, 6.45) is 0.753. The van der Waals surface area contributed by atoms with Crippen molar-refractivity contribution >= 4 is 37.1 Å². The lowest BCUT2D eigenvalue weighted by molar-refractivity contribution is 0.134. The zero-order chi connectivity index (χ0) is 37.8. The van der Waals surface area contributed by atoms with E-state index in [1.165, 1.54) is 54.6 Å². The summed E-state index contributed by atoms with van der Waals surface area (Å²) < 4.78 is 14.4. The van der Waals surface area contributed by atoms with Crippen molar-refractivity contribution in [2.45, 2.75) is 89.7 Å². The Labute approximate surface area is 325 Å². The smallest absolute Gasteiger partial charge is 0.128 e. The van der Waals surface area contributed by atoms with Gasteiger partial charge in [0.05, 0.1) is 17.1 Å². The Morgan fingerprint density at radius 2 is 0.759 bits per heavy atom. The number of benzene rings is 6. The van der Waals surface area contributed by atoms with Gasteiger partial charge in [-0.05, 0) is 96.1 Å². The second kappa shape index (κ2) is 14.1. The molecule has 6 aromatic rings. The second-order valence-corrected chi connectivity index (χ2v) is 22.2. The highest BCUT2D eigenvalue weighted by molar-refractivity contribution is 7.90. The highest BCUT2D eigenvalue weighted by atomic mass is 31.2. The van der Waals surface area contributed by atoms with Gasteiger partial charge in [0.2, 0.25) is 0 Å². The molecule has 0 saturated heterocycles. The lowest BCUT2D eigenvalue weighted by Crippen LogP contribution is -2.37. The molecule has 0 amide bonds. The van der Waals surface area contributed by atoms with Gasteiger partial charge in [-0.15, -0.1) is 0 Å². The standard InChI is InChI=1S/C50H52O2P2/c1-34-29-35(2)52-45-33-37(49(6,7)8)31-43-47(45)46-42(30-36(48(3,4)5)32-44(46)51-34)50(43,53(38-21-13-9-14-22-38)39-23-15-10-16-24-39)54(40-25-17-11-18-26-40)41-27-19-12-20-28-41/h9-28,30-35H,29H2,1-8H3. The van der Waals surface area contributed by atoms with Crippen molar-refractivity contribution in [1.82, 2.24) is 0 Å². The fourth-order valence-corrected chi connectivity index (χ4v) is 16.3. The first kappa shape index (κ1) is 36.7. The largest absolute Gasteiger partial charge is 0.490 e. The van der Waals surface area contributed by atoms with Crippen LogP contribution in [0.5, 0.6) is 11.5 Å². The van der Waals surface area contributed by atoms with Crippen molar-refractivity contribution < 1.29 is 9.47 Å². The molecule has 274 valence electrons. The van der Waals surface area contributed by atoms with Crippen LogP contribution in [0.3, 0.4) is 0 Å². The molecular weight excluding hydrogens is 694 g/mol. The van der Waals surface area contributed by atoms with Crippen molar-refractivity contribution in [2.75, 3.05) is 0 Å². The molecule has 2 nitrogen and oxygen atoms in total. The molecule has 1 heterocycles. The van der Waals surface area contributed by atoms with E-state index >= 15 is 0 Å². The zero-order valence-corrected chi connectivity index (χ0v) is 34.7. The molecule has 4 heteroatoms. The summed E-state index contributed by atoms with van der Waals surface area (Å²) in [6, 6.07) is 55.4. The van der Waals surface area contributed by atoms with Crippen LogP contribution in [0.15, 0.2) is 146 Å². The Balaban J connectivity index is 1.68. The fraction of sp³-hybridized carbons (Fsp3) is 0.280. The summed E-state index contributed by atoms with van der Waals surface area (Å²) in [5.41, 5.74) is 7.46. The minimum Gasteiger partial charge on any atom is -0.490 e. The lowest BCUT2D eigenvalue weighted by Gasteiger charge is -2.47. The lowest BCUT2D eigenvalue weighted by atomic mass is 9.84. The SMILES string of the molecule is CC1CC(C)Oc2cc(C(C)(C)C)cc3c2-c2c(cc(C(C)(C)C)cc2C3(P(c2ccccc2)c2ccccc2)P(c2ccccc2)c2ccccc2)O1. The molecule has 0 fully saturated rings. The van der Waals surface area contributed by atoms with Crippen molar-refractivity contribution in [3.05, 3.63) is 168 Å². The molecular formula is C50H52O2P2. The van der Waals surface area contributed by atoms with E-state index in [0.717, 1.165) is 17.9 Å². The molecule has 2 unspecified atom stereocenters. The van der Waals surface area contributed by atoms with E-state index in [-0.39, 0.29) is 23.0 Å². The monoisotopic (exact) mass is 746 g/mol. The molecule has 0 spiro atoms. The topological polar surface area (TPSA) is 18.5 Å². The molecule has 6 aromatic carbocycles. The Bertz CT molecular complexity index is 2010. The van der Waals surface area contributed by atoms with E-state index in [1.807, 2.05) is 0 Å². The highest BCUT2D eigenvalue weighted by Crippen LogP contribution is 2.79. The van der Waals surface area contributed by atoms with Gasteiger partial charge < -0.3 is 9.47 Å². The molecule has 0 bridgehead atoms. The first-order valence-electron chi connectivity index (χ1n) is 19.4. The van der Waals surface area contributed by atoms with Crippen molar-refractivity contribution in [1.29, 1.82) is 0 Å². The molecule has 0 radical (unpaired) electrons. The third-order valence-corrected chi connectivity index (χ3v) is 17.7. The Morgan fingerprint density at radius 1 is 0.463 bits per heavy atom. The van der Waals surface area contributed by atoms with Gasteiger partial charge in [-0.25, -0.2) is 0 Å². The molecule has 1 aliphatic heterocycles. The van der Waals surface area contributed by atoms with Crippen LogP contribution in [0.1, 0.15) is 84.1 Å². The number of hydrogen-bond donors (Lipinski definition) is 0. The second-order valence-electron chi connectivity index (χ2n) is 17.1. The highest BCUT2D eigenvalue weighted by Gasteiger charge is 2.58. The summed E-state index contributed by atoms with van der Waals surface area (Å²) in [4.78, 5) is -0.523. The Hall–Kier alpha value is -4.22. The Morgan fingerprint density at radius 3 is 1.04 bits per heavy atom. The molecule has 0 aromatic heterocycles. The average Bonchev–Trinajstić information content (AvgIpc) is 3.45. The van der Waals surface area contributed by atoms with Gasteiger partial charge in [0, 0.05) is 17.5 Å². The summed E-state index contributed by atoms with van der Waals surface area (Å²) >= 11 is 0.